The molecule has 2 aromatic carbocycles. The van der Waals surface area contributed by atoms with Crippen LogP contribution in [0, 0.1) is 0 Å². The van der Waals surface area contributed by atoms with E-state index >= 15 is 0 Å². The molecule has 0 radical (unpaired) electrons. The van der Waals surface area contributed by atoms with Crippen LogP contribution in [0.2, 0.25) is 5.02 Å². The maximum Gasteiger partial charge on any atom is 0.326 e. The molecule has 0 atom stereocenters. The van der Waals surface area contributed by atoms with E-state index in [9.17, 15) is 9.59 Å². The van der Waals surface area contributed by atoms with Crippen LogP contribution in [0.4, 0.5) is 11.5 Å². The predicted octanol–water partition coefficient (Wildman–Crippen LogP) is 4.37. The van der Waals surface area contributed by atoms with Crippen LogP contribution < -0.4 is 15.5 Å². The third-order valence-electron chi connectivity index (χ3n) is 7.67. The minimum absolute atomic E-state index is 0.0475. The van der Waals surface area contributed by atoms with E-state index in [4.69, 9.17) is 11.6 Å². The molecule has 5 heterocycles. The number of nitrogens with one attached hydrogen (secondary N) is 1. The van der Waals surface area contributed by atoms with Crippen molar-refractivity contribution in [3.05, 3.63) is 87.8 Å². The average molecular weight is 526 g/mol. The van der Waals surface area contributed by atoms with E-state index in [1.165, 1.54) is 6.33 Å². The second-order valence-corrected chi connectivity index (χ2v) is 10.2. The highest BCUT2D eigenvalue weighted by atomic mass is 35.5. The van der Waals surface area contributed by atoms with E-state index in [0.717, 1.165) is 58.3 Å². The zero-order valence-electron chi connectivity index (χ0n) is 20.5. The molecule has 10 heteroatoms. The summed E-state index contributed by atoms with van der Waals surface area (Å²) >= 11 is 6.12. The number of H-pyrrole nitrogens is 1. The Labute approximate surface area is 222 Å². The number of rotatable bonds is 3. The number of fused-ring (bicyclic) bond motifs is 4. The third-order valence-corrected chi connectivity index (χ3v) is 7.91. The zero-order chi connectivity index (χ0) is 25.8. The van der Waals surface area contributed by atoms with Gasteiger partial charge in [0, 0.05) is 47.8 Å². The number of aromatic amines is 1. The third kappa shape index (κ3) is 3.73. The number of anilines is 2. The van der Waals surface area contributed by atoms with Gasteiger partial charge in [0.1, 0.15) is 17.8 Å². The fourth-order valence-electron chi connectivity index (χ4n) is 5.79. The summed E-state index contributed by atoms with van der Waals surface area (Å²) in [5, 5.41) is 1.62. The van der Waals surface area contributed by atoms with Gasteiger partial charge in [0.2, 0.25) is 0 Å². The fourth-order valence-corrected chi connectivity index (χ4v) is 5.99. The Morgan fingerprint density at radius 2 is 1.84 bits per heavy atom. The largest absolute Gasteiger partial charge is 0.356 e. The van der Waals surface area contributed by atoms with Crippen molar-refractivity contribution < 1.29 is 4.79 Å². The van der Waals surface area contributed by atoms with Crippen LogP contribution in [0.25, 0.3) is 21.9 Å². The number of halogens is 1. The Kier molecular flexibility index (Phi) is 5.40. The van der Waals surface area contributed by atoms with Crippen LogP contribution in [0.5, 0.6) is 0 Å². The van der Waals surface area contributed by atoms with Crippen molar-refractivity contribution in [2.75, 3.05) is 29.4 Å². The number of pyridine rings is 1. The number of carbonyl (C=O) groups excluding carboxylic acids is 1. The molecular weight excluding hydrogens is 502 g/mol. The molecule has 0 spiro atoms. The lowest BCUT2D eigenvalue weighted by molar-refractivity contribution is 0.0984. The number of imidazole rings is 1. The number of benzene rings is 2. The number of carbonyl (C=O) groups is 1. The molecule has 2 aliphatic heterocycles. The maximum atomic E-state index is 13.3. The van der Waals surface area contributed by atoms with Gasteiger partial charge >= 0.3 is 5.69 Å². The highest BCUT2D eigenvalue weighted by molar-refractivity contribution is 6.30. The molecule has 3 aromatic heterocycles. The van der Waals surface area contributed by atoms with Crippen molar-refractivity contribution in [2.24, 2.45) is 0 Å². The molecule has 1 saturated heterocycles. The molecule has 0 aliphatic carbocycles. The molecule has 190 valence electrons. The normalized spacial score (nSPS) is 15.9. The number of nitrogens with zero attached hydrogens (tertiary/aromatic N) is 6. The summed E-state index contributed by atoms with van der Waals surface area (Å²) in [5.41, 5.74) is 4.72. The first-order valence-corrected chi connectivity index (χ1v) is 13.1. The van der Waals surface area contributed by atoms with Crippen molar-refractivity contribution in [3.8, 4) is 0 Å². The van der Waals surface area contributed by atoms with Gasteiger partial charge in [-0.3, -0.25) is 14.3 Å². The summed E-state index contributed by atoms with van der Waals surface area (Å²) in [6.45, 7) is 2.02. The SMILES string of the molecule is O=C(c1cc(N2CCC(n3c(=O)[nH]c4c5ccccc5ncc43)CC2)ncn1)N1CCc2cc(Cl)ccc21. The number of aromatic nitrogens is 5. The number of para-hydroxylation sites is 1. The van der Waals surface area contributed by atoms with Crippen LogP contribution in [-0.4, -0.2) is 50.0 Å². The lowest BCUT2D eigenvalue weighted by Gasteiger charge is -2.33. The smallest absolute Gasteiger partial charge is 0.326 e. The Morgan fingerprint density at radius 3 is 2.71 bits per heavy atom. The lowest BCUT2D eigenvalue weighted by atomic mass is 10.0. The van der Waals surface area contributed by atoms with Gasteiger partial charge in [0.15, 0.2) is 0 Å². The summed E-state index contributed by atoms with van der Waals surface area (Å²) in [6, 6.07) is 15.3. The summed E-state index contributed by atoms with van der Waals surface area (Å²) in [5.74, 6) is 0.575. The van der Waals surface area contributed by atoms with Gasteiger partial charge in [0.25, 0.3) is 5.91 Å². The van der Waals surface area contributed by atoms with Crippen LogP contribution >= 0.6 is 11.6 Å². The molecule has 1 amide bonds. The molecule has 7 rings (SSSR count). The zero-order valence-corrected chi connectivity index (χ0v) is 21.2. The number of hydrogen-bond acceptors (Lipinski definition) is 6. The van der Waals surface area contributed by atoms with E-state index in [-0.39, 0.29) is 17.6 Å². The Bertz CT molecular complexity index is 1770. The van der Waals surface area contributed by atoms with Crippen LogP contribution in [0.3, 0.4) is 0 Å². The molecule has 9 nitrogen and oxygen atoms in total. The highest BCUT2D eigenvalue weighted by Gasteiger charge is 2.29. The summed E-state index contributed by atoms with van der Waals surface area (Å²) in [7, 11) is 0. The maximum absolute atomic E-state index is 13.3. The molecular formula is C28H24ClN7O2. The molecule has 2 aliphatic rings. The monoisotopic (exact) mass is 525 g/mol. The number of hydrogen-bond donors (Lipinski definition) is 1. The first-order chi connectivity index (χ1) is 18.6. The molecule has 1 fully saturated rings. The number of piperidine rings is 1. The summed E-state index contributed by atoms with van der Waals surface area (Å²) in [6.07, 6.45) is 5.55. The fraction of sp³-hybridized carbons (Fsp3) is 0.250. The van der Waals surface area contributed by atoms with E-state index in [1.807, 2.05) is 41.0 Å². The molecule has 0 unspecified atom stereocenters. The first-order valence-electron chi connectivity index (χ1n) is 12.7. The van der Waals surface area contributed by atoms with Gasteiger partial charge in [0.05, 0.1) is 22.7 Å². The van der Waals surface area contributed by atoms with Crippen molar-refractivity contribution >= 4 is 50.9 Å². The van der Waals surface area contributed by atoms with E-state index in [1.54, 1.807) is 23.2 Å². The van der Waals surface area contributed by atoms with Crippen molar-refractivity contribution in [1.29, 1.82) is 0 Å². The lowest BCUT2D eigenvalue weighted by Crippen LogP contribution is -2.37. The average Bonchev–Trinajstić information content (AvgIpc) is 3.53. The van der Waals surface area contributed by atoms with E-state index in [0.29, 0.717) is 30.4 Å². The Hall–Kier alpha value is -4.24. The molecule has 0 bridgehead atoms. The van der Waals surface area contributed by atoms with Gasteiger partial charge in [-0.25, -0.2) is 14.8 Å². The van der Waals surface area contributed by atoms with Crippen LogP contribution in [-0.2, 0) is 6.42 Å². The summed E-state index contributed by atoms with van der Waals surface area (Å²) < 4.78 is 1.85. The second kappa shape index (κ2) is 8.95. The predicted molar refractivity (Wildman–Crippen MR) is 147 cm³/mol. The summed E-state index contributed by atoms with van der Waals surface area (Å²) in [4.78, 5) is 46.6. The molecule has 1 N–H and O–H groups in total. The molecule has 0 saturated carbocycles. The van der Waals surface area contributed by atoms with Crippen molar-refractivity contribution in [3.63, 3.8) is 0 Å². The highest BCUT2D eigenvalue weighted by Crippen LogP contribution is 2.32. The van der Waals surface area contributed by atoms with Gasteiger partial charge in [-0.1, -0.05) is 29.8 Å². The topological polar surface area (TPSA) is 100 Å². The molecule has 5 aromatic rings. The minimum Gasteiger partial charge on any atom is -0.356 e. The van der Waals surface area contributed by atoms with Gasteiger partial charge in [-0.05, 0) is 49.1 Å². The van der Waals surface area contributed by atoms with Crippen LogP contribution in [0.15, 0.2) is 65.8 Å². The van der Waals surface area contributed by atoms with Gasteiger partial charge < -0.3 is 14.8 Å². The Morgan fingerprint density at radius 1 is 1.00 bits per heavy atom. The van der Waals surface area contributed by atoms with Gasteiger partial charge in [-0.15, -0.1) is 0 Å². The van der Waals surface area contributed by atoms with Crippen LogP contribution in [0.1, 0.15) is 34.9 Å². The van der Waals surface area contributed by atoms with Crippen molar-refractivity contribution in [1.82, 2.24) is 24.5 Å². The van der Waals surface area contributed by atoms with E-state index < -0.39 is 0 Å². The minimum atomic E-state index is -0.144. The van der Waals surface area contributed by atoms with Crippen molar-refractivity contribution in [2.45, 2.75) is 25.3 Å². The second-order valence-electron chi connectivity index (χ2n) is 9.80. The first kappa shape index (κ1) is 22.9. The van der Waals surface area contributed by atoms with E-state index in [2.05, 4.69) is 24.8 Å². The Balaban J connectivity index is 1.10. The standard InChI is InChI=1S/C28H24ClN7O2/c29-18-5-6-23-17(13-18)7-12-35(23)27(37)22-14-25(32-16-31-22)34-10-8-19(9-11-34)36-24-15-30-21-4-2-1-3-20(21)26(24)33-28(36)38/h1-6,13-16,19H,7-12H2,(H,33,38). The number of amides is 1. The van der Waals surface area contributed by atoms with Gasteiger partial charge in [-0.2, -0.15) is 0 Å². The quantitative estimate of drug-likeness (QED) is 0.375. The molecule has 38 heavy (non-hydrogen) atoms.